The number of tetrazole rings is 1. The highest BCUT2D eigenvalue weighted by Crippen LogP contribution is 2.20. The standard InChI is InChI=1S/C18H15F4N5O2/c1-11-24-25-26-27(11)16-8-14(6-7-15(16)19)23-17(28)13-4-2-12(3-5-13)9-29-10-18(20,21)22/h2-8H,9-10H2,1H3,(H,23,28). The number of aromatic nitrogens is 4. The van der Waals surface area contributed by atoms with Crippen molar-refractivity contribution in [3.05, 3.63) is 65.2 Å². The first kappa shape index (κ1) is 20.4. The molecule has 3 rings (SSSR count). The highest BCUT2D eigenvalue weighted by molar-refractivity contribution is 6.04. The van der Waals surface area contributed by atoms with Gasteiger partial charge >= 0.3 is 6.18 Å². The van der Waals surface area contributed by atoms with E-state index in [2.05, 4.69) is 25.6 Å². The fraction of sp³-hybridized carbons (Fsp3) is 0.222. The van der Waals surface area contributed by atoms with Crippen LogP contribution in [0.4, 0.5) is 23.2 Å². The summed E-state index contributed by atoms with van der Waals surface area (Å²) in [6, 6.07) is 9.84. The lowest BCUT2D eigenvalue weighted by Crippen LogP contribution is -2.16. The topological polar surface area (TPSA) is 81.9 Å². The predicted molar refractivity (Wildman–Crippen MR) is 94.0 cm³/mol. The minimum Gasteiger partial charge on any atom is -0.367 e. The van der Waals surface area contributed by atoms with Crippen LogP contribution in [-0.2, 0) is 11.3 Å². The molecule has 0 spiro atoms. The van der Waals surface area contributed by atoms with E-state index >= 15 is 0 Å². The average Bonchev–Trinajstić information content (AvgIpc) is 3.08. The van der Waals surface area contributed by atoms with Crippen LogP contribution >= 0.6 is 0 Å². The van der Waals surface area contributed by atoms with Gasteiger partial charge in [-0.15, -0.1) is 5.10 Å². The van der Waals surface area contributed by atoms with Crippen LogP contribution in [0.2, 0.25) is 0 Å². The highest BCUT2D eigenvalue weighted by atomic mass is 19.4. The lowest BCUT2D eigenvalue weighted by atomic mass is 10.1. The van der Waals surface area contributed by atoms with Gasteiger partial charge in [0.05, 0.1) is 6.61 Å². The van der Waals surface area contributed by atoms with Gasteiger partial charge in [0.1, 0.15) is 18.1 Å². The molecule has 0 bridgehead atoms. The number of halogens is 4. The van der Waals surface area contributed by atoms with Crippen molar-refractivity contribution in [1.29, 1.82) is 0 Å². The van der Waals surface area contributed by atoms with Crippen LogP contribution in [0.3, 0.4) is 0 Å². The normalized spacial score (nSPS) is 11.5. The van der Waals surface area contributed by atoms with Gasteiger partial charge in [0.2, 0.25) is 0 Å². The zero-order valence-corrected chi connectivity index (χ0v) is 15.1. The second kappa shape index (κ2) is 8.35. The summed E-state index contributed by atoms with van der Waals surface area (Å²) < 4.78 is 56.1. The molecule has 1 amide bonds. The average molecular weight is 409 g/mol. The summed E-state index contributed by atoms with van der Waals surface area (Å²) >= 11 is 0. The predicted octanol–water partition coefficient (Wildman–Crippen LogP) is 3.44. The fourth-order valence-corrected chi connectivity index (χ4v) is 2.45. The van der Waals surface area contributed by atoms with E-state index in [1.807, 2.05) is 0 Å². The fourth-order valence-electron chi connectivity index (χ4n) is 2.45. The van der Waals surface area contributed by atoms with E-state index in [4.69, 9.17) is 0 Å². The van der Waals surface area contributed by atoms with Crippen LogP contribution < -0.4 is 5.32 Å². The molecule has 0 aliphatic carbocycles. The maximum Gasteiger partial charge on any atom is 0.411 e. The van der Waals surface area contributed by atoms with Crippen molar-refractivity contribution >= 4 is 11.6 Å². The summed E-state index contributed by atoms with van der Waals surface area (Å²) in [7, 11) is 0. The second-order valence-corrected chi connectivity index (χ2v) is 6.06. The monoisotopic (exact) mass is 409 g/mol. The SMILES string of the molecule is Cc1nnnn1-c1cc(NC(=O)c2ccc(COCC(F)(F)F)cc2)ccc1F. The summed E-state index contributed by atoms with van der Waals surface area (Å²) in [5.74, 6) is -0.670. The van der Waals surface area contributed by atoms with E-state index in [1.165, 1.54) is 47.1 Å². The molecule has 1 heterocycles. The Morgan fingerprint density at radius 1 is 1.17 bits per heavy atom. The summed E-state index contributed by atoms with van der Waals surface area (Å²) in [4.78, 5) is 12.4. The Balaban J connectivity index is 1.67. The number of ether oxygens (including phenoxy) is 1. The number of benzene rings is 2. The van der Waals surface area contributed by atoms with E-state index < -0.39 is 24.5 Å². The molecule has 0 radical (unpaired) electrons. The second-order valence-electron chi connectivity index (χ2n) is 6.06. The van der Waals surface area contributed by atoms with Crippen molar-refractivity contribution in [3.63, 3.8) is 0 Å². The Kier molecular flexibility index (Phi) is 5.87. The van der Waals surface area contributed by atoms with Gasteiger partial charge in [-0.1, -0.05) is 12.1 Å². The van der Waals surface area contributed by atoms with Crippen LogP contribution in [0.15, 0.2) is 42.5 Å². The molecule has 1 aromatic heterocycles. The number of carbonyl (C=O) groups is 1. The van der Waals surface area contributed by atoms with Gasteiger partial charge < -0.3 is 10.1 Å². The van der Waals surface area contributed by atoms with Crippen molar-refractivity contribution in [1.82, 2.24) is 20.2 Å². The molecule has 0 aliphatic heterocycles. The molecule has 0 fully saturated rings. The van der Waals surface area contributed by atoms with Crippen LogP contribution in [0.5, 0.6) is 0 Å². The van der Waals surface area contributed by atoms with Gasteiger partial charge in [-0.05, 0) is 53.2 Å². The molecule has 2 aromatic carbocycles. The lowest BCUT2D eigenvalue weighted by Gasteiger charge is -2.10. The Morgan fingerprint density at radius 3 is 2.52 bits per heavy atom. The van der Waals surface area contributed by atoms with Gasteiger partial charge in [0, 0.05) is 11.3 Å². The van der Waals surface area contributed by atoms with Crippen molar-refractivity contribution in [2.45, 2.75) is 19.7 Å². The first-order valence-corrected chi connectivity index (χ1v) is 8.32. The number of nitrogens with zero attached hydrogens (tertiary/aromatic N) is 4. The molecule has 3 aromatic rings. The van der Waals surface area contributed by atoms with E-state index in [1.54, 1.807) is 6.92 Å². The molecule has 152 valence electrons. The molecule has 1 N–H and O–H groups in total. The summed E-state index contributed by atoms with van der Waals surface area (Å²) in [5.41, 5.74) is 1.15. The van der Waals surface area contributed by atoms with Crippen LogP contribution in [0.25, 0.3) is 5.69 Å². The van der Waals surface area contributed by atoms with E-state index in [0.29, 0.717) is 17.1 Å². The van der Waals surface area contributed by atoms with Crippen molar-refractivity contribution in [2.75, 3.05) is 11.9 Å². The van der Waals surface area contributed by atoms with Crippen molar-refractivity contribution in [3.8, 4) is 5.69 Å². The van der Waals surface area contributed by atoms with Gasteiger partial charge in [0.25, 0.3) is 5.91 Å². The van der Waals surface area contributed by atoms with Gasteiger partial charge in [-0.2, -0.15) is 17.9 Å². The lowest BCUT2D eigenvalue weighted by molar-refractivity contribution is -0.176. The van der Waals surface area contributed by atoms with Crippen LogP contribution in [-0.4, -0.2) is 38.9 Å². The maximum atomic E-state index is 14.1. The number of aryl methyl sites for hydroxylation is 1. The largest absolute Gasteiger partial charge is 0.411 e. The summed E-state index contributed by atoms with van der Waals surface area (Å²) in [5, 5.41) is 13.5. The molecule has 0 saturated carbocycles. The van der Waals surface area contributed by atoms with Crippen molar-refractivity contribution < 1.29 is 27.1 Å². The molecular formula is C18H15F4N5O2. The van der Waals surface area contributed by atoms with Crippen molar-refractivity contribution in [2.24, 2.45) is 0 Å². The molecule has 11 heteroatoms. The summed E-state index contributed by atoms with van der Waals surface area (Å²) in [6.07, 6.45) is -4.39. The Morgan fingerprint density at radius 2 is 1.90 bits per heavy atom. The van der Waals surface area contributed by atoms with E-state index in [9.17, 15) is 22.4 Å². The molecule has 0 unspecified atom stereocenters. The molecule has 0 aliphatic rings. The zero-order valence-electron chi connectivity index (χ0n) is 15.1. The number of rotatable bonds is 6. The molecule has 7 nitrogen and oxygen atoms in total. The molecule has 29 heavy (non-hydrogen) atoms. The van der Waals surface area contributed by atoms with Crippen LogP contribution in [0.1, 0.15) is 21.7 Å². The third-order valence-electron chi connectivity index (χ3n) is 3.81. The number of hydrogen-bond donors (Lipinski definition) is 1. The number of hydrogen-bond acceptors (Lipinski definition) is 5. The van der Waals surface area contributed by atoms with Crippen LogP contribution in [0, 0.1) is 12.7 Å². The maximum absolute atomic E-state index is 14.1. The molecular weight excluding hydrogens is 394 g/mol. The summed E-state index contributed by atoms with van der Waals surface area (Å²) in [6.45, 7) is 0.0294. The first-order valence-electron chi connectivity index (χ1n) is 8.32. The smallest absolute Gasteiger partial charge is 0.367 e. The molecule has 0 atom stereocenters. The number of nitrogens with one attached hydrogen (secondary N) is 1. The third kappa shape index (κ3) is 5.35. The minimum atomic E-state index is -4.39. The van der Waals surface area contributed by atoms with Gasteiger partial charge in [-0.25, -0.2) is 4.39 Å². The number of amides is 1. The van der Waals surface area contributed by atoms with E-state index in [-0.39, 0.29) is 17.9 Å². The Bertz CT molecular complexity index is 1000. The number of anilines is 1. The minimum absolute atomic E-state index is 0.0717. The Labute approximate surface area is 162 Å². The highest BCUT2D eigenvalue weighted by Gasteiger charge is 2.27. The van der Waals surface area contributed by atoms with Gasteiger partial charge in [0.15, 0.2) is 5.82 Å². The third-order valence-corrected chi connectivity index (χ3v) is 3.81. The van der Waals surface area contributed by atoms with Gasteiger partial charge in [-0.3, -0.25) is 4.79 Å². The quantitative estimate of drug-likeness (QED) is 0.631. The molecule has 0 saturated heterocycles. The number of carbonyl (C=O) groups excluding carboxylic acids is 1. The zero-order chi connectivity index (χ0) is 21.0. The first-order chi connectivity index (χ1) is 13.7. The number of alkyl halides is 3. The Hall–Kier alpha value is -3.34. The van der Waals surface area contributed by atoms with E-state index in [0.717, 1.165) is 0 Å².